The third-order valence-corrected chi connectivity index (χ3v) is 6.58. The molecule has 194 valence electrons. The summed E-state index contributed by atoms with van der Waals surface area (Å²) in [5.41, 5.74) is 7.74. The molecule has 0 aromatic heterocycles. The van der Waals surface area contributed by atoms with E-state index in [1.807, 2.05) is 60.7 Å². The number of carbonyl (C=O) groups is 3. The minimum Gasteiger partial charge on any atom is -0.461 e. The molecule has 1 saturated carbocycles. The number of benzene rings is 2. The number of hydrogen-bond donors (Lipinski definition) is 2. The van der Waals surface area contributed by atoms with Crippen molar-refractivity contribution in [1.29, 1.82) is 0 Å². The molecule has 3 rings (SSSR count). The number of nitrogens with two attached hydrogens (primary N) is 1. The smallest absolute Gasteiger partial charge is 0.328 e. The molecular formula is C29H38N2O5. The first-order valence-electron chi connectivity index (χ1n) is 13.0. The first-order chi connectivity index (χ1) is 17.5. The zero-order valence-electron chi connectivity index (χ0n) is 20.9. The van der Waals surface area contributed by atoms with E-state index in [-0.39, 0.29) is 19.6 Å². The second-order valence-corrected chi connectivity index (χ2v) is 9.56. The van der Waals surface area contributed by atoms with Gasteiger partial charge in [-0.15, -0.1) is 0 Å². The molecule has 2 aromatic rings. The van der Waals surface area contributed by atoms with Crippen LogP contribution in [0.4, 0.5) is 0 Å². The van der Waals surface area contributed by atoms with E-state index in [9.17, 15) is 14.4 Å². The lowest BCUT2D eigenvalue weighted by Crippen LogP contribution is -2.50. The van der Waals surface area contributed by atoms with Gasteiger partial charge in [0.2, 0.25) is 5.91 Å². The van der Waals surface area contributed by atoms with Crippen molar-refractivity contribution in [2.75, 3.05) is 0 Å². The zero-order valence-corrected chi connectivity index (χ0v) is 20.9. The topological polar surface area (TPSA) is 108 Å². The molecule has 1 amide bonds. The molecular weight excluding hydrogens is 456 g/mol. The van der Waals surface area contributed by atoms with Crippen molar-refractivity contribution in [2.24, 2.45) is 11.7 Å². The maximum Gasteiger partial charge on any atom is 0.328 e. The maximum atomic E-state index is 13.0. The van der Waals surface area contributed by atoms with Gasteiger partial charge in [-0.25, -0.2) is 4.79 Å². The number of hydrogen-bond acceptors (Lipinski definition) is 6. The Kier molecular flexibility index (Phi) is 11.4. The van der Waals surface area contributed by atoms with Crippen LogP contribution in [-0.2, 0) is 37.1 Å². The molecule has 0 radical (unpaired) electrons. The lowest BCUT2D eigenvalue weighted by atomic mass is 9.86. The van der Waals surface area contributed by atoms with Crippen LogP contribution in [0.3, 0.4) is 0 Å². The first-order valence-corrected chi connectivity index (χ1v) is 13.0. The van der Waals surface area contributed by atoms with Crippen molar-refractivity contribution in [3.05, 3.63) is 71.8 Å². The quantitative estimate of drug-likeness (QED) is 0.448. The molecule has 0 bridgehead atoms. The van der Waals surface area contributed by atoms with Crippen LogP contribution in [0.15, 0.2) is 60.7 Å². The predicted molar refractivity (Wildman–Crippen MR) is 137 cm³/mol. The van der Waals surface area contributed by atoms with Gasteiger partial charge in [0.05, 0.1) is 12.5 Å². The molecule has 1 aliphatic carbocycles. The fourth-order valence-electron chi connectivity index (χ4n) is 4.50. The Bertz CT molecular complexity index is 943. The van der Waals surface area contributed by atoms with E-state index in [1.165, 1.54) is 19.3 Å². The summed E-state index contributed by atoms with van der Waals surface area (Å²) in [7, 11) is 0. The standard InChI is InChI=1S/C29H38N2O5/c30-25(19-27(32)35-20-23-14-8-4-9-15-23)28(33)31-26(18-22-12-6-2-1-3-7-13-22)29(34)36-21-24-16-10-5-11-17-24/h4-5,8-11,14-17,22,25-26H,1-3,6-7,12-13,18-21,30H2,(H,31,33)/t25-,26-/m0/s1. The number of esters is 2. The van der Waals surface area contributed by atoms with Crippen LogP contribution in [-0.4, -0.2) is 29.9 Å². The first kappa shape index (κ1) is 27.4. The summed E-state index contributed by atoms with van der Waals surface area (Å²) in [5, 5.41) is 2.77. The number of carbonyl (C=O) groups excluding carboxylic acids is 3. The molecule has 1 fully saturated rings. The van der Waals surface area contributed by atoms with Gasteiger partial charge in [-0.2, -0.15) is 0 Å². The highest BCUT2D eigenvalue weighted by molar-refractivity contribution is 5.90. The minimum atomic E-state index is -1.12. The third kappa shape index (κ3) is 9.82. The Morgan fingerprint density at radius 1 is 0.806 bits per heavy atom. The lowest BCUT2D eigenvalue weighted by molar-refractivity contribution is -0.150. The highest BCUT2D eigenvalue weighted by Gasteiger charge is 2.29. The summed E-state index contributed by atoms with van der Waals surface area (Å²) in [4.78, 5) is 38.1. The van der Waals surface area contributed by atoms with E-state index in [2.05, 4.69) is 5.32 Å². The normalized spacial score (nSPS) is 16.1. The summed E-state index contributed by atoms with van der Waals surface area (Å²) < 4.78 is 10.8. The Hall–Kier alpha value is -3.19. The van der Waals surface area contributed by atoms with Gasteiger partial charge in [0.15, 0.2) is 0 Å². The largest absolute Gasteiger partial charge is 0.461 e. The molecule has 2 atom stereocenters. The molecule has 0 spiro atoms. The molecule has 7 nitrogen and oxygen atoms in total. The molecule has 0 heterocycles. The number of amides is 1. The molecule has 7 heteroatoms. The van der Waals surface area contributed by atoms with Crippen LogP contribution in [0.1, 0.15) is 68.9 Å². The van der Waals surface area contributed by atoms with Crippen molar-refractivity contribution in [3.8, 4) is 0 Å². The summed E-state index contributed by atoms with van der Waals surface area (Å²) in [6.45, 7) is 0.249. The summed E-state index contributed by atoms with van der Waals surface area (Å²) in [6.07, 6.45) is 8.17. The van der Waals surface area contributed by atoms with Crippen molar-refractivity contribution in [1.82, 2.24) is 5.32 Å². The average molecular weight is 495 g/mol. The van der Waals surface area contributed by atoms with Crippen LogP contribution < -0.4 is 11.1 Å². The molecule has 0 saturated heterocycles. The fraction of sp³-hybridized carbons (Fsp3) is 0.483. The number of nitrogens with one attached hydrogen (secondary N) is 1. The molecule has 0 unspecified atom stereocenters. The molecule has 1 aliphatic rings. The summed E-state index contributed by atoms with van der Waals surface area (Å²) >= 11 is 0. The maximum absolute atomic E-state index is 13.0. The third-order valence-electron chi connectivity index (χ3n) is 6.58. The monoisotopic (exact) mass is 494 g/mol. The molecule has 36 heavy (non-hydrogen) atoms. The Morgan fingerprint density at radius 2 is 1.33 bits per heavy atom. The van der Waals surface area contributed by atoms with Crippen molar-refractivity contribution in [2.45, 2.75) is 83.1 Å². The van der Waals surface area contributed by atoms with Crippen LogP contribution in [0.5, 0.6) is 0 Å². The van der Waals surface area contributed by atoms with E-state index in [0.717, 1.165) is 36.8 Å². The van der Waals surface area contributed by atoms with Crippen LogP contribution in [0.2, 0.25) is 0 Å². The van der Waals surface area contributed by atoms with Crippen LogP contribution in [0, 0.1) is 5.92 Å². The molecule has 0 aliphatic heterocycles. The molecule has 3 N–H and O–H groups in total. The van der Waals surface area contributed by atoms with Gasteiger partial charge in [-0.05, 0) is 23.5 Å². The Balaban J connectivity index is 1.55. The van der Waals surface area contributed by atoms with Gasteiger partial charge in [0.25, 0.3) is 0 Å². The highest BCUT2D eigenvalue weighted by atomic mass is 16.5. The van der Waals surface area contributed by atoms with Gasteiger partial charge in [0.1, 0.15) is 19.3 Å². The lowest BCUT2D eigenvalue weighted by Gasteiger charge is -2.25. The average Bonchev–Trinajstić information content (AvgIpc) is 2.88. The predicted octanol–water partition coefficient (Wildman–Crippen LogP) is 4.43. The van der Waals surface area contributed by atoms with Crippen LogP contribution in [0.25, 0.3) is 0 Å². The second-order valence-electron chi connectivity index (χ2n) is 9.56. The van der Waals surface area contributed by atoms with E-state index >= 15 is 0 Å². The van der Waals surface area contributed by atoms with Gasteiger partial charge in [0, 0.05) is 0 Å². The number of rotatable bonds is 11. The Morgan fingerprint density at radius 3 is 1.92 bits per heavy atom. The highest BCUT2D eigenvalue weighted by Crippen LogP contribution is 2.26. The van der Waals surface area contributed by atoms with E-state index in [0.29, 0.717) is 12.3 Å². The van der Waals surface area contributed by atoms with Gasteiger partial charge in [-0.3, -0.25) is 9.59 Å². The summed E-state index contributed by atoms with van der Waals surface area (Å²) in [5.74, 6) is -1.27. The van der Waals surface area contributed by atoms with E-state index in [1.54, 1.807) is 0 Å². The Labute approximate surface area is 213 Å². The van der Waals surface area contributed by atoms with E-state index < -0.39 is 29.9 Å². The molecule has 2 aromatic carbocycles. The SMILES string of the molecule is N[C@@H](CC(=O)OCc1ccccc1)C(=O)N[C@@H](CC1CCCCCCC1)C(=O)OCc1ccccc1. The summed E-state index contributed by atoms with van der Waals surface area (Å²) in [6, 6.07) is 16.8. The number of ether oxygens (including phenoxy) is 2. The van der Waals surface area contributed by atoms with Crippen molar-refractivity contribution >= 4 is 17.8 Å². The van der Waals surface area contributed by atoms with Crippen LogP contribution >= 0.6 is 0 Å². The minimum absolute atomic E-state index is 0.115. The van der Waals surface area contributed by atoms with Crippen molar-refractivity contribution < 1.29 is 23.9 Å². The fourth-order valence-corrected chi connectivity index (χ4v) is 4.50. The van der Waals surface area contributed by atoms with E-state index in [4.69, 9.17) is 15.2 Å². The van der Waals surface area contributed by atoms with Gasteiger partial charge >= 0.3 is 11.9 Å². The van der Waals surface area contributed by atoms with Gasteiger partial charge in [-0.1, -0.05) is 106 Å². The zero-order chi connectivity index (χ0) is 25.6. The second kappa shape index (κ2) is 15.0. The van der Waals surface area contributed by atoms with Gasteiger partial charge < -0.3 is 20.5 Å². The van der Waals surface area contributed by atoms with Crippen molar-refractivity contribution in [3.63, 3.8) is 0 Å².